The van der Waals surface area contributed by atoms with Crippen molar-refractivity contribution in [3.05, 3.63) is 0 Å². The molecule has 1 fully saturated rings. The third-order valence-electron chi connectivity index (χ3n) is 2.95. The van der Waals surface area contributed by atoms with E-state index in [2.05, 4.69) is 5.32 Å². The summed E-state index contributed by atoms with van der Waals surface area (Å²) in [6, 6.07) is 0. The van der Waals surface area contributed by atoms with Crippen molar-refractivity contribution in [1.82, 2.24) is 5.32 Å². The summed E-state index contributed by atoms with van der Waals surface area (Å²) in [4.78, 5) is 22.4. The van der Waals surface area contributed by atoms with Crippen molar-refractivity contribution in [3.8, 4) is 0 Å². The lowest BCUT2D eigenvalue weighted by Gasteiger charge is -2.07. The summed E-state index contributed by atoms with van der Waals surface area (Å²) >= 11 is 0. The molecule has 0 bridgehead atoms. The molecule has 86 valence electrons. The molecule has 0 aromatic carbocycles. The number of amides is 1. The topological polar surface area (TPSA) is 86.6 Å². The number of aliphatic carboxylic acids is 1. The van der Waals surface area contributed by atoms with Crippen LogP contribution in [0.3, 0.4) is 0 Å². The average Bonchev–Trinajstić information content (AvgIpc) is 2.65. The second-order valence-electron chi connectivity index (χ2n) is 4.71. The van der Waals surface area contributed by atoms with Gasteiger partial charge in [-0.15, -0.1) is 0 Å². The van der Waals surface area contributed by atoms with Gasteiger partial charge >= 0.3 is 5.97 Å². The SMILES string of the molecule is C[C@@H](O)CNC(=O)[C@H]1[C@@H](C(=O)O)C1(C)C. The van der Waals surface area contributed by atoms with E-state index in [1.165, 1.54) is 0 Å². The molecule has 3 atom stereocenters. The van der Waals surface area contributed by atoms with Gasteiger partial charge in [0.2, 0.25) is 5.91 Å². The molecule has 1 aliphatic rings. The molecule has 0 spiro atoms. The number of rotatable bonds is 4. The largest absolute Gasteiger partial charge is 0.481 e. The molecule has 0 unspecified atom stereocenters. The number of nitrogens with one attached hydrogen (secondary N) is 1. The molecular formula is C10H17NO4. The molecule has 3 N–H and O–H groups in total. The third kappa shape index (κ3) is 2.28. The lowest BCUT2D eigenvalue weighted by Crippen LogP contribution is -2.33. The van der Waals surface area contributed by atoms with Crippen LogP contribution in [-0.2, 0) is 9.59 Å². The highest BCUT2D eigenvalue weighted by Crippen LogP contribution is 2.58. The summed E-state index contributed by atoms with van der Waals surface area (Å²) in [6.07, 6.45) is -0.612. The quantitative estimate of drug-likeness (QED) is 0.608. The zero-order valence-electron chi connectivity index (χ0n) is 9.15. The van der Waals surface area contributed by atoms with Gasteiger partial charge in [0.1, 0.15) is 0 Å². The Kier molecular flexibility index (Phi) is 3.04. The minimum atomic E-state index is -0.933. The van der Waals surface area contributed by atoms with Crippen LogP contribution in [0, 0.1) is 17.3 Å². The van der Waals surface area contributed by atoms with Crippen LogP contribution in [0.1, 0.15) is 20.8 Å². The molecule has 0 radical (unpaired) electrons. The van der Waals surface area contributed by atoms with Crippen molar-refractivity contribution in [1.29, 1.82) is 0 Å². The van der Waals surface area contributed by atoms with Gasteiger partial charge in [-0.05, 0) is 12.3 Å². The van der Waals surface area contributed by atoms with Crippen LogP contribution in [0.25, 0.3) is 0 Å². The van der Waals surface area contributed by atoms with E-state index in [-0.39, 0.29) is 12.5 Å². The van der Waals surface area contributed by atoms with Crippen molar-refractivity contribution in [3.63, 3.8) is 0 Å². The zero-order chi connectivity index (χ0) is 11.8. The number of aliphatic hydroxyl groups excluding tert-OH is 1. The maximum atomic E-state index is 11.6. The van der Waals surface area contributed by atoms with Crippen LogP contribution in [0.4, 0.5) is 0 Å². The van der Waals surface area contributed by atoms with Crippen LogP contribution >= 0.6 is 0 Å². The van der Waals surface area contributed by atoms with Gasteiger partial charge in [0.25, 0.3) is 0 Å². The summed E-state index contributed by atoms with van der Waals surface area (Å²) in [7, 11) is 0. The highest BCUT2D eigenvalue weighted by atomic mass is 16.4. The third-order valence-corrected chi connectivity index (χ3v) is 2.95. The summed E-state index contributed by atoms with van der Waals surface area (Å²) in [6.45, 7) is 5.25. The summed E-state index contributed by atoms with van der Waals surface area (Å²) in [5, 5.41) is 20.4. The van der Waals surface area contributed by atoms with Crippen LogP contribution < -0.4 is 5.32 Å². The van der Waals surface area contributed by atoms with Gasteiger partial charge in [-0.2, -0.15) is 0 Å². The fourth-order valence-electron chi connectivity index (χ4n) is 1.95. The molecule has 1 aliphatic carbocycles. The lowest BCUT2D eigenvalue weighted by atomic mass is 10.1. The molecule has 5 nitrogen and oxygen atoms in total. The second-order valence-corrected chi connectivity index (χ2v) is 4.71. The molecule has 0 heterocycles. The molecule has 0 saturated heterocycles. The number of carbonyl (C=O) groups excluding carboxylic acids is 1. The van der Waals surface area contributed by atoms with Gasteiger partial charge in [0, 0.05) is 6.54 Å². The minimum Gasteiger partial charge on any atom is -0.481 e. The number of carbonyl (C=O) groups is 2. The Morgan fingerprint density at radius 2 is 1.93 bits per heavy atom. The van der Waals surface area contributed by atoms with Crippen molar-refractivity contribution in [2.24, 2.45) is 17.3 Å². The van der Waals surface area contributed by atoms with Gasteiger partial charge in [-0.1, -0.05) is 13.8 Å². The van der Waals surface area contributed by atoms with E-state index in [1.54, 1.807) is 20.8 Å². The molecule has 1 rings (SSSR count). The summed E-state index contributed by atoms with van der Waals surface area (Å²) in [5.41, 5.74) is -0.478. The first kappa shape index (κ1) is 12.0. The van der Waals surface area contributed by atoms with E-state index in [4.69, 9.17) is 10.2 Å². The maximum Gasteiger partial charge on any atom is 0.307 e. The Morgan fingerprint density at radius 1 is 1.40 bits per heavy atom. The van der Waals surface area contributed by atoms with E-state index in [9.17, 15) is 9.59 Å². The lowest BCUT2D eigenvalue weighted by molar-refractivity contribution is -0.140. The highest BCUT2D eigenvalue weighted by molar-refractivity contribution is 5.91. The van der Waals surface area contributed by atoms with Crippen molar-refractivity contribution in [2.45, 2.75) is 26.9 Å². The normalized spacial score (nSPS) is 29.3. The monoisotopic (exact) mass is 215 g/mol. The molecule has 0 aliphatic heterocycles. The fourth-order valence-corrected chi connectivity index (χ4v) is 1.95. The molecule has 1 amide bonds. The number of hydrogen-bond donors (Lipinski definition) is 3. The van der Waals surface area contributed by atoms with E-state index in [0.29, 0.717) is 0 Å². The second kappa shape index (κ2) is 3.81. The van der Waals surface area contributed by atoms with Gasteiger partial charge < -0.3 is 15.5 Å². The molecule has 1 saturated carbocycles. The molecular weight excluding hydrogens is 198 g/mol. The van der Waals surface area contributed by atoms with E-state index >= 15 is 0 Å². The van der Waals surface area contributed by atoms with E-state index in [0.717, 1.165) is 0 Å². The first-order chi connectivity index (χ1) is 6.78. The predicted molar refractivity (Wildman–Crippen MR) is 53.1 cm³/mol. The Labute approximate surface area is 88.5 Å². The summed E-state index contributed by atoms with van der Waals surface area (Å²) in [5.74, 6) is -2.30. The predicted octanol–water partition coefficient (Wildman–Crippen LogP) is -0.160. The number of carboxylic acids is 1. The van der Waals surface area contributed by atoms with Crippen LogP contribution in [0.15, 0.2) is 0 Å². The van der Waals surface area contributed by atoms with Crippen LogP contribution in [0.5, 0.6) is 0 Å². The van der Waals surface area contributed by atoms with Crippen molar-refractivity contribution >= 4 is 11.9 Å². The zero-order valence-corrected chi connectivity index (χ0v) is 9.15. The van der Waals surface area contributed by atoms with Crippen LogP contribution in [-0.4, -0.2) is 34.7 Å². The number of hydrogen-bond acceptors (Lipinski definition) is 3. The Hall–Kier alpha value is -1.10. The number of carboxylic acid groups (broad SMARTS) is 1. The fraction of sp³-hybridized carbons (Fsp3) is 0.800. The molecule has 5 heteroatoms. The Bertz CT molecular complexity index is 285. The molecule has 0 aromatic heterocycles. The van der Waals surface area contributed by atoms with E-state index < -0.39 is 29.3 Å². The maximum absolute atomic E-state index is 11.6. The highest BCUT2D eigenvalue weighted by Gasteiger charge is 2.65. The van der Waals surface area contributed by atoms with Crippen molar-refractivity contribution < 1.29 is 19.8 Å². The van der Waals surface area contributed by atoms with Gasteiger partial charge in [-0.25, -0.2) is 0 Å². The van der Waals surface area contributed by atoms with Crippen LogP contribution in [0.2, 0.25) is 0 Å². The minimum absolute atomic E-state index is 0.164. The Balaban J connectivity index is 2.53. The standard InChI is InChI=1S/C10H17NO4/c1-5(12)4-11-8(13)6-7(9(14)15)10(6,2)3/h5-7,12H,4H2,1-3H3,(H,11,13)(H,14,15)/t5-,6-,7+/m1/s1. The smallest absolute Gasteiger partial charge is 0.307 e. The summed E-state index contributed by atoms with van der Waals surface area (Å²) < 4.78 is 0. The first-order valence-corrected chi connectivity index (χ1v) is 4.97. The van der Waals surface area contributed by atoms with Crippen molar-refractivity contribution in [2.75, 3.05) is 6.54 Å². The van der Waals surface area contributed by atoms with Gasteiger partial charge in [0.05, 0.1) is 17.9 Å². The van der Waals surface area contributed by atoms with Gasteiger partial charge in [-0.3, -0.25) is 9.59 Å². The van der Waals surface area contributed by atoms with E-state index in [1.807, 2.05) is 0 Å². The first-order valence-electron chi connectivity index (χ1n) is 4.97. The number of aliphatic hydroxyl groups is 1. The molecule has 0 aromatic rings. The molecule has 15 heavy (non-hydrogen) atoms. The average molecular weight is 215 g/mol. The Morgan fingerprint density at radius 3 is 2.27 bits per heavy atom. The van der Waals surface area contributed by atoms with Gasteiger partial charge in [0.15, 0.2) is 0 Å².